The number of hydrogen-bond donors (Lipinski definition) is 3. The fourth-order valence-corrected chi connectivity index (χ4v) is 3.13. The SMILES string of the molecule is Cc1cc(=O)n2[nH]c(CC(=O)N3C[C@@H](N)C[C@H]3C(=O)NC(C)C)nc2n1. The molecule has 10 nitrogen and oxygen atoms in total. The van der Waals surface area contributed by atoms with Crippen LogP contribution in [0.25, 0.3) is 5.78 Å². The molecule has 2 amide bonds. The Morgan fingerprint density at radius 2 is 2.15 bits per heavy atom. The van der Waals surface area contributed by atoms with Crippen molar-refractivity contribution in [2.75, 3.05) is 6.54 Å². The van der Waals surface area contributed by atoms with Crippen molar-refractivity contribution in [1.82, 2.24) is 29.8 Å². The molecule has 0 aliphatic carbocycles. The molecule has 1 fully saturated rings. The van der Waals surface area contributed by atoms with Gasteiger partial charge in [0.2, 0.25) is 11.8 Å². The summed E-state index contributed by atoms with van der Waals surface area (Å²) in [6.07, 6.45) is 0.352. The van der Waals surface area contributed by atoms with Gasteiger partial charge < -0.3 is 16.0 Å². The van der Waals surface area contributed by atoms with Crippen LogP contribution in [-0.2, 0) is 16.0 Å². The number of fused-ring (bicyclic) bond motifs is 1. The molecule has 10 heteroatoms. The standard InChI is InChI=1S/C16H23N7O3/c1-8(2)18-15(26)11-5-10(17)7-22(11)13(24)6-12-20-16-19-9(3)4-14(25)23(16)21-12/h4,8,10-11H,5-7,17H2,1-3H3,(H,18,26)(H,19,20,21)/t10-,11-/m0/s1. The molecule has 3 rings (SSSR count). The molecule has 2 atom stereocenters. The molecular formula is C16H23N7O3. The van der Waals surface area contributed by atoms with Gasteiger partial charge in [-0.05, 0) is 27.2 Å². The zero-order chi connectivity index (χ0) is 19.0. The Morgan fingerprint density at radius 3 is 2.85 bits per heavy atom. The first kappa shape index (κ1) is 18.1. The monoisotopic (exact) mass is 361 g/mol. The summed E-state index contributed by atoms with van der Waals surface area (Å²) in [6.45, 7) is 5.73. The molecule has 1 aliphatic rings. The van der Waals surface area contributed by atoms with Crippen molar-refractivity contribution in [2.45, 2.75) is 51.7 Å². The Balaban J connectivity index is 1.79. The number of nitrogens with zero attached hydrogens (tertiary/aromatic N) is 4. The van der Waals surface area contributed by atoms with Crippen molar-refractivity contribution in [3.8, 4) is 0 Å². The van der Waals surface area contributed by atoms with E-state index in [4.69, 9.17) is 5.73 Å². The molecule has 1 saturated heterocycles. The van der Waals surface area contributed by atoms with E-state index in [1.165, 1.54) is 15.5 Å². The summed E-state index contributed by atoms with van der Waals surface area (Å²) in [5.41, 5.74) is 6.22. The van der Waals surface area contributed by atoms with Gasteiger partial charge >= 0.3 is 0 Å². The van der Waals surface area contributed by atoms with Crippen molar-refractivity contribution in [3.63, 3.8) is 0 Å². The van der Waals surface area contributed by atoms with Crippen molar-refractivity contribution < 1.29 is 9.59 Å². The molecular weight excluding hydrogens is 338 g/mol. The molecule has 2 aromatic rings. The fraction of sp³-hybridized carbons (Fsp3) is 0.562. The van der Waals surface area contributed by atoms with E-state index in [9.17, 15) is 14.4 Å². The minimum Gasteiger partial charge on any atom is -0.352 e. The van der Waals surface area contributed by atoms with Crippen LogP contribution in [0.1, 0.15) is 31.8 Å². The lowest BCUT2D eigenvalue weighted by Gasteiger charge is -2.24. The second-order valence-corrected chi connectivity index (χ2v) is 6.94. The lowest BCUT2D eigenvalue weighted by Crippen LogP contribution is -2.48. The minimum absolute atomic E-state index is 0.0205. The number of H-pyrrole nitrogens is 1. The number of amides is 2. The van der Waals surface area contributed by atoms with Gasteiger partial charge in [0.1, 0.15) is 11.9 Å². The van der Waals surface area contributed by atoms with Crippen LogP contribution < -0.4 is 16.6 Å². The molecule has 1 aliphatic heterocycles. The Kier molecular flexibility index (Phi) is 4.77. The van der Waals surface area contributed by atoms with Crippen LogP contribution in [0, 0.1) is 6.92 Å². The van der Waals surface area contributed by atoms with Crippen molar-refractivity contribution >= 4 is 17.6 Å². The topological polar surface area (TPSA) is 138 Å². The molecule has 0 saturated carbocycles. The van der Waals surface area contributed by atoms with Crippen molar-refractivity contribution in [1.29, 1.82) is 0 Å². The highest BCUT2D eigenvalue weighted by Crippen LogP contribution is 2.18. The Hall–Kier alpha value is -2.75. The van der Waals surface area contributed by atoms with E-state index in [-0.39, 0.29) is 41.7 Å². The molecule has 26 heavy (non-hydrogen) atoms. The van der Waals surface area contributed by atoms with Gasteiger partial charge in [-0.1, -0.05) is 0 Å². The summed E-state index contributed by atoms with van der Waals surface area (Å²) >= 11 is 0. The third kappa shape index (κ3) is 3.59. The summed E-state index contributed by atoms with van der Waals surface area (Å²) in [6, 6.07) is 0.521. The van der Waals surface area contributed by atoms with E-state index in [2.05, 4.69) is 20.4 Å². The number of hydrogen-bond acceptors (Lipinski definition) is 6. The first-order valence-corrected chi connectivity index (χ1v) is 8.55. The van der Waals surface area contributed by atoms with E-state index in [1.54, 1.807) is 6.92 Å². The predicted molar refractivity (Wildman–Crippen MR) is 93.4 cm³/mol. The highest BCUT2D eigenvalue weighted by molar-refractivity contribution is 5.89. The summed E-state index contributed by atoms with van der Waals surface area (Å²) < 4.78 is 1.19. The lowest BCUT2D eigenvalue weighted by molar-refractivity contribution is -0.138. The van der Waals surface area contributed by atoms with Gasteiger partial charge in [-0.3, -0.25) is 19.5 Å². The van der Waals surface area contributed by atoms with E-state index >= 15 is 0 Å². The number of aryl methyl sites for hydroxylation is 1. The maximum absolute atomic E-state index is 12.7. The molecule has 0 aromatic carbocycles. The average Bonchev–Trinajstić information content (AvgIpc) is 3.10. The van der Waals surface area contributed by atoms with Crippen LogP contribution in [0.15, 0.2) is 10.9 Å². The first-order valence-electron chi connectivity index (χ1n) is 8.55. The summed E-state index contributed by atoms with van der Waals surface area (Å²) in [5.74, 6) is 0.0452. The Morgan fingerprint density at radius 1 is 1.42 bits per heavy atom. The Bertz CT molecular complexity index is 901. The third-order valence-electron chi connectivity index (χ3n) is 4.21. The predicted octanol–water partition coefficient (Wildman–Crippen LogP) is -1.28. The molecule has 2 aromatic heterocycles. The first-order chi connectivity index (χ1) is 12.2. The number of nitrogens with one attached hydrogen (secondary N) is 2. The largest absolute Gasteiger partial charge is 0.352 e. The summed E-state index contributed by atoms with van der Waals surface area (Å²) in [5, 5.41) is 5.61. The summed E-state index contributed by atoms with van der Waals surface area (Å²) in [7, 11) is 0. The molecule has 0 bridgehead atoms. The van der Waals surface area contributed by atoms with Crippen LogP contribution in [-0.4, -0.2) is 61.0 Å². The van der Waals surface area contributed by atoms with Crippen LogP contribution in [0.4, 0.5) is 0 Å². The second kappa shape index (κ2) is 6.87. The normalized spacial score (nSPS) is 20.1. The highest BCUT2D eigenvalue weighted by atomic mass is 16.2. The number of carbonyl (C=O) groups is 2. The molecule has 0 unspecified atom stereocenters. The van der Waals surface area contributed by atoms with Gasteiger partial charge in [-0.2, -0.15) is 9.50 Å². The van der Waals surface area contributed by atoms with Crippen molar-refractivity contribution in [2.24, 2.45) is 5.73 Å². The van der Waals surface area contributed by atoms with Gasteiger partial charge in [-0.15, -0.1) is 0 Å². The minimum atomic E-state index is -0.590. The zero-order valence-electron chi connectivity index (χ0n) is 15.0. The molecule has 3 heterocycles. The number of aromatic nitrogens is 4. The van der Waals surface area contributed by atoms with Crippen molar-refractivity contribution in [3.05, 3.63) is 27.9 Å². The van der Waals surface area contributed by atoms with E-state index < -0.39 is 6.04 Å². The van der Waals surface area contributed by atoms with Crippen LogP contribution in [0.3, 0.4) is 0 Å². The van der Waals surface area contributed by atoms with Gasteiger partial charge in [0.05, 0.1) is 6.42 Å². The zero-order valence-corrected chi connectivity index (χ0v) is 15.0. The summed E-state index contributed by atoms with van der Waals surface area (Å²) in [4.78, 5) is 46.8. The van der Waals surface area contributed by atoms with Crippen LogP contribution >= 0.6 is 0 Å². The Labute approximate surface area is 149 Å². The molecule has 4 N–H and O–H groups in total. The maximum atomic E-state index is 12.7. The van der Waals surface area contributed by atoms with Gasteiger partial charge in [0, 0.05) is 30.4 Å². The van der Waals surface area contributed by atoms with Gasteiger partial charge in [0.25, 0.3) is 11.3 Å². The smallest absolute Gasteiger partial charge is 0.274 e. The van der Waals surface area contributed by atoms with E-state index in [0.29, 0.717) is 24.5 Å². The number of nitrogens with two attached hydrogens (primary N) is 1. The molecule has 0 spiro atoms. The van der Waals surface area contributed by atoms with Gasteiger partial charge in [0.15, 0.2) is 0 Å². The van der Waals surface area contributed by atoms with Gasteiger partial charge in [-0.25, -0.2) is 4.98 Å². The van der Waals surface area contributed by atoms with E-state index in [0.717, 1.165) is 0 Å². The molecule has 140 valence electrons. The average molecular weight is 361 g/mol. The number of rotatable bonds is 4. The third-order valence-corrected chi connectivity index (χ3v) is 4.21. The number of carbonyl (C=O) groups excluding carboxylic acids is 2. The number of aromatic amines is 1. The quantitative estimate of drug-likeness (QED) is 0.620. The van der Waals surface area contributed by atoms with Crippen LogP contribution in [0.2, 0.25) is 0 Å². The lowest BCUT2D eigenvalue weighted by atomic mass is 10.1. The molecule has 0 radical (unpaired) electrons. The second-order valence-electron chi connectivity index (χ2n) is 6.94. The fourth-order valence-electron chi connectivity index (χ4n) is 3.13. The highest BCUT2D eigenvalue weighted by Gasteiger charge is 2.38. The maximum Gasteiger partial charge on any atom is 0.274 e. The van der Waals surface area contributed by atoms with Crippen LogP contribution in [0.5, 0.6) is 0 Å². The van der Waals surface area contributed by atoms with E-state index in [1.807, 2.05) is 13.8 Å². The number of likely N-dealkylation sites (tertiary alicyclic amines) is 1.